The lowest BCUT2D eigenvalue weighted by molar-refractivity contribution is -0.145. The van der Waals surface area contributed by atoms with E-state index in [1.807, 2.05) is 13.8 Å². The topological polar surface area (TPSA) is 43.4 Å². The van der Waals surface area contributed by atoms with Crippen LogP contribution in [-0.4, -0.2) is 19.4 Å². The summed E-state index contributed by atoms with van der Waals surface area (Å²) in [5.41, 5.74) is 0.924. The minimum atomic E-state index is -0.745. The van der Waals surface area contributed by atoms with Crippen LogP contribution in [0.4, 0.5) is 0 Å². The second kappa shape index (κ2) is 4.66. The first-order valence-corrected chi connectivity index (χ1v) is 3.30. The molecule has 0 aliphatic heterocycles. The molecule has 0 aliphatic rings. The largest absolute Gasteiger partial charge is 0.468 e. The molecule has 0 spiro atoms. The highest BCUT2D eigenvalue weighted by Gasteiger charge is 2.13. The number of aldehydes is 1. The van der Waals surface area contributed by atoms with E-state index >= 15 is 0 Å². The molecular weight excluding hydrogens is 144 g/mol. The molecule has 0 aromatic rings. The van der Waals surface area contributed by atoms with Crippen molar-refractivity contribution in [2.24, 2.45) is 5.92 Å². The molecule has 0 heterocycles. The van der Waals surface area contributed by atoms with Crippen molar-refractivity contribution in [2.45, 2.75) is 13.8 Å². The number of methoxy groups -OCH3 is 1. The summed E-state index contributed by atoms with van der Waals surface area (Å²) in [7, 11) is 1.26. The first-order chi connectivity index (χ1) is 5.11. The standard InChI is InChI=1S/C8H12O3/c1-6(2)4-7(5-9)8(10)11-3/h4-5,7H,1-3H3. The predicted octanol–water partition coefficient (Wildman–Crippen LogP) is 0.941. The van der Waals surface area contributed by atoms with Crippen molar-refractivity contribution in [2.75, 3.05) is 7.11 Å². The van der Waals surface area contributed by atoms with Crippen LogP contribution < -0.4 is 0 Å². The number of hydrogen-bond donors (Lipinski definition) is 0. The third-order valence-electron chi connectivity index (χ3n) is 1.13. The van der Waals surface area contributed by atoms with E-state index in [0.29, 0.717) is 6.29 Å². The maximum atomic E-state index is 10.8. The molecule has 0 saturated carbocycles. The zero-order chi connectivity index (χ0) is 8.85. The maximum absolute atomic E-state index is 10.8. The van der Waals surface area contributed by atoms with Gasteiger partial charge in [-0.3, -0.25) is 4.79 Å². The van der Waals surface area contributed by atoms with Gasteiger partial charge in [-0.05, 0) is 13.8 Å². The van der Waals surface area contributed by atoms with Gasteiger partial charge in [0.25, 0.3) is 0 Å². The predicted molar refractivity (Wildman–Crippen MR) is 41.0 cm³/mol. The lowest BCUT2D eigenvalue weighted by Crippen LogP contribution is -2.15. The molecule has 1 atom stereocenters. The summed E-state index contributed by atoms with van der Waals surface area (Å²) in [6, 6.07) is 0. The minimum absolute atomic E-state index is 0.513. The maximum Gasteiger partial charge on any atom is 0.319 e. The number of rotatable bonds is 3. The van der Waals surface area contributed by atoms with Crippen LogP contribution in [0.1, 0.15) is 13.8 Å². The van der Waals surface area contributed by atoms with Crippen molar-refractivity contribution in [1.82, 2.24) is 0 Å². The van der Waals surface area contributed by atoms with E-state index in [1.54, 1.807) is 6.08 Å². The highest BCUT2D eigenvalue weighted by atomic mass is 16.5. The molecule has 0 aromatic heterocycles. The van der Waals surface area contributed by atoms with Gasteiger partial charge in [0.2, 0.25) is 0 Å². The van der Waals surface area contributed by atoms with Gasteiger partial charge in [0.15, 0.2) is 0 Å². The molecule has 0 radical (unpaired) electrons. The fraction of sp³-hybridized carbons (Fsp3) is 0.500. The van der Waals surface area contributed by atoms with Gasteiger partial charge in [-0.2, -0.15) is 0 Å². The van der Waals surface area contributed by atoms with Crippen molar-refractivity contribution >= 4 is 12.3 Å². The first-order valence-electron chi connectivity index (χ1n) is 3.30. The number of carbonyl (C=O) groups is 2. The third-order valence-corrected chi connectivity index (χ3v) is 1.13. The van der Waals surface area contributed by atoms with Crippen LogP contribution in [-0.2, 0) is 14.3 Å². The molecule has 0 fully saturated rings. The Morgan fingerprint density at radius 3 is 2.27 bits per heavy atom. The van der Waals surface area contributed by atoms with Crippen molar-refractivity contribution in [3.8, 4) is 0 Å². The molecule has 0 aliphatic carbocycles. The van der Waals surface area contributed by atoms with Gasteiger partial charge in [0, 0.05) is 0 Å². The van der Waals surface area contributed by atoms with Crippen LogP contribution in [0.3, 0.4) is 0 Å². The van der Waals surface area contributed by atoms with Crippen LogP contribution in [0, 0.1) is 5.92 Å². The van der Waals surface area contributed by atoms with Gasteiger partial charge in [0.05, 0.1) is 7.11 Å². The van der Waals surface area contributed by atoms with E-state index in [9.17, 15) is 9.59 Å². The minimum Gasteiger partial charge on any atom is -0.468 e. The Balaban J connectivity index is 4.29. The molecule has 3 heteroatoms. The fourth-order valence-corrected chi connectivity index (χ4v) is 0.658. The van der Waals surface area contributed by atoms with E-state index < -0.39 is 11.9 Å². The highest BCUT2D eigenvalue weighted by Crippen LogP contribution is 2.01. The number of hydrogen-bond acceptors (Lipinski definition) is 3. The van der Waals surface area contributed by atoms with Gasteiger partial charge in [-0.1, -0.05) is 11.6 Å². The number of allylic oxidation sites excluding steroid dienone is 1. The van der Waals surface area contributed by atoms with E-state index in [4.69, 9.17) is 0 Å². The second-order valence-corrected chi connectivity index (χ2v) is 2.43. The smallest absolute Gasteiger partial charge is 0.319 e. The Labute approximate surface area is 66.0 Å². The summed E-state index contributed by atoms with van der Waals surface area (Å²) in [5.74, 6) is -1.26. The fourth-order valence-electron chi connectivity index (χ4n) is 0.658. The molecule has 1 unspecified atom stereocenters. The summed E-state index contributed by atoms with van der Waals surface area (Å²) >= 11 is 0. The van der Waals surface area contributed by atoms with Crippen molar-refractivity contribution < 1.29 is 14.3 Å². The summed E-state index contributed by atoms with van der Waals surface area (Å²) < 4.78 is 4.39. The second-order valence-electron chi connectivity index (χ2n) is 2.43. The Hall–Kier alpha value is -1.12. The number of ether oxygens (including phenoxy) is 1. The normalized spacial score (nSPS) is 11.5. The number of carbonyl (C=O) groups excluding carboxylic acids is 2. The van der Waals surface area contributed by atoms with E-state index in [-0.39, 0.29) is 0 Å². The first kappa shape index (κ1) is 9.88. The zero-order valence-corrected chi connectivity index (χ0v) is 6.96. The molecule has 11 heavy (non-hydrogen) atoms. The Morgan fingerprint density at radius 1 is 1.45 bits per heavy atom. The van der Waals surface area contributed by atoms with Crippen LogP contribution in [0.25, 0.3) is 0 Å². The van der Waals surface area contributed by atoms with E-state index in [0.717, 1.165) is 5.57 Å². The Kier molecular flexibility index (Phi) is 4.18. The monoisotopic (exact) mass is 156 g/mol. The van der Waals surface area contributed by atoms with Crippen molar-refractivity contribution in [1.29, 1.82) is 0 Å². The number of esters is 1. The SMILES string of the molecule is COC(=O)C(C=O)C=C(C)C. The molecule has 0 rings (SSSR count). The Bertz CT molecular complexity index is 178. The molecule has 0 bridgehead atoms. The van der Waals surface area contributed by atoms with Gasteiger partial charge < -0.3 is 9.53 Å². The summed E-state index contributed by atoms with van der Waals surface area (Å²) in [5, 5.41) is 0. The zero-order valence-electron chi connectivity index (χ0n) is 6.96. The Morgan fingerprint density at radius 2 is 2.00 bits per heavy atom. The quantitative estimate of drug-likeness (QED) is 0.264. The molecule has 0 saturated heterocycles. The van der Waals surface area contributed by atoms with Crippen LogP contribution in [0.2, 0.25) is 0 Å². The lowest BCUT2D eigenvalue weighted by Gasteiger charge is -2.01. The lowest BCUT2D eigenvalue weighted by atomic mass is 10.1. The van der Waals surface area contributed by atoms with Gasteiger partial charge in [0.1, 0.15) is 12.2 Å². The van der Waals surface area contributed by atoms with Crippen molar-refractivity contribution in [3.05, 3.63) is 11.6 Å². The van der Waals surface area contributed by atoms with Crippen LogP contribution in [0.5, 0.6) is 0 Å². The van der Waals surface area contributed by atoms with Gasteiger partial charge >= 0.3 is 5.97 Å². The summed E-state index contributed by atoms with van der Waals surface area (Å²) in [6.07, 6.45) is 2.14. The molecule has 0 N–H and O–H groups in total. The molecular formula is C8H12O3. The highest BCUT2D eigenvalue weighted by molar-refractivity contribution is 5.89. The average Bonchev–Trinajstić information content (AvgIpc) is 1.98. The molecule has 62 valence electrons. The van der Waals surface area contributed by atoms with Crippen molar-refractivity contribution in [3.63, 3.8) is 0 Å². The van der Waals surface area contributed by atoms with Crippen LogP contribution in [0.15, 0.2) is 11.6 Å². The molecule has 0 aromatic carbocycles. The van der Waals surface area contributed by atoms with Gasteiger partial charge in [-0.15, -0.1) is 0 Å². The average molecular weight is 156 g/mol. The summed E-state index contributed by atoms with van der Waals surface area (Å²) in [6.45, 7) is 3.64. The third kappa shape index (κ3) is 3.55. The molecule has 3 nitrogen and oxygen atoms in total. The van der Waals surface area contributed by atoms with Crippen LogP contribution >= 0.6 is 0 Å². The van der Waals surface area contributed by atoms with E-state index in [2.05, 4.69) is 4.74 Å². The van der Waals surface area contributed by atoms with Gasteiger partial charge in [-0.25, -0.2) is 0 Å². The summed E-state index contributed by atoms with van der Waals surface area (Å²) in [4.78, 5) is 21.1. The van der Waals surface area contributed by atoms with E-state index in [1.165, 1.54) is 7.11 Å². The molecule has 0 amide bonds.